The van der Waals surface area contributed by atoms with E-state index < -0.39 is 0 Å². The summed E-state index contributed by atoms with van der Waals surface area (Å²) in [5, 5.41) is 6.19. The maximum Gasteiger partial charge on any atom is 0.256 e. The first-order chi connectivity index (χ1) is 8.20. The standard InChI is InChI=1S/C11H9BrN2O3/c1-16-9-3-2-7(6-8(9)12)11(15)13-10-4-5-17-14-10/h2-6H,1H3,(H,13,14,15). The summed E-state index contributed by atoms with van der Waals surface area (Å²) in [5.74, 6) is 0.784. The van der Waals surface area contributed by atoms with E-state index in [0.29, 0.717) is 21.6 Å². The lowest BCUT2D eigenvalue weighted by atomic mass is 10.2. The van der Waals surface area contributed by atoms with Gasteiger partial charge in [0.1, 0.15) is 12.0 Å². The Balaban J connectivity index is 2.17. The summed E-state index contributed by atoms with van der Waals surface area (Å²) >= 11 is 3.31. The van der Waals surface area contributed by atoms with Gasteiger partial charge in [0.05, 0.1) is 11.6 Å². The van der Waals surface area contributed by atoms with Crippen molar-refractivity contribution in [1.29, 1.82) is 0 Å². The Hall–Kier alpha value is -1.82. The van der Waals surface area contributed by atoms with Crippen LogP contribution in [0.5, 0.6) is 5.75 Å². The molecule has 0 aliphatic heterocycles. The molecule has 0 bridgehead atoms. The van der Waals surface area contributed by atoms with E-state index in [4.69, 9.17) is 4.74 Å². The molecule has 5 nitrogen and oxygen atoms in total. The summed E-state index contributed by atoms with van der Waals surface area (Å²) in [5.41, 5.74) is 0.501. The van der Waals surface area contributed by atoms with Gasteiger partial charge in [-0.3, -0.25) is 4.79 Å². The average molecular weight is 297 g/mol. The van der Waals surface area contributed by atoms with E-state index in [0.717, 1.165) is 0 Å². The number of methoxy groups -OCH3 is 1. The summed E-state index contributed by atoms with van der Waals surface area (Å²) < 4.78 is 10.4. The molecule has 1 aromatic heterocycles. The van der Waals surface area contributed by atoms with Crippen LogP contribution in [-0.2, 0) is 0 Å². The summed E-state index contributed by atoms with van der Waals surface area (Å²) in [6.45, 7) is 0. The van der Waals surface area contributed by atoms with E-state index in [9.17, 15) is 4.79 Å². The van der Waals surface area contributed by atoms with Gasteiger partial charge in [-0.15, -0.1) is 0 Å². The normalized spacial score (nSPS) is 10.0. The van der Waals surface area contributed by atoms with Gasteiger partial charge in [0.15, 0.2) is 5.82 Å². The van der Waals surface area contributed by atoms with Crippen molar-refractivity contribution in [1.82, 2.24) is 5.16 Å². The number of anilines is 1. The van der Waals surface area contributed by atoms with E-state index in [-0.39, 0.29) is 5.91 Å². The number of aromatic nitrogens is 1. The topological polar surface area (TPSA) is 64.4 Å². The smallest absolute Gasteiger partial charge is 0.256 e. The van der Waals surface area contributed by atoms with Crippen molar-refractivity contribution in [3.63, 3.8) is 0 Å². The highest BCUT2D eigenvalue weighted by Gasteiger charge is 2.10. The Morgan fingerprint density at radius 2 is 2.29 bits per heavy atom. The number of halogens is 1. The van der Waals surface area contributed by atoms with Crippen LogP contribution in [0.1, 0.15) is 10.4 Å². The third-order valence-corrected chi connectivity index (χ3v) is 2.71. The summed E-state index contributed by atoms with van der Waals surface area (Å²) in [6.07, 6.45) is 1.39. The Kier molecular flexibility index (Phi) is 3.43. The van der Waals surface area contributed by atoms with Crippen molar-refractivity contribution < 1.29 is 14.1 Å². The highest BCUT2D eigenvalue weighted by molar-refractivity contribution is 9.10. The van der Waals surface area contributed by atoms with E-state index in [2.05, 4.69) is 30.9 Å². The number of nitrogens with zero attached hydrogens (tertiary/aromatic N) is 1. The monoisotopic (exact) mass is 296 g/mol. The van der Waals surface area contributed by atoms with Gasteiger partial charge >= 0.3 is 0 Å². The largest absolute Gasteiger partial charge is 0.496 e. The van der Waals surface area contributed by atoms with Crippen LogP contribution in [0.3, 0.4) is 0 Å². The molecule has 2 rings (SSSR count). The highest BCUT2D eigenvalue weighted by atomic mass is 79.9. The second kappa shape index (κ2) is 5.01. The van der Waals surface area contributed by atoms with Gasteiger partial charge < -0.3 is 14.6 Å². The zero-order valence-corrected chi connectivity index (χ0v) is 10.5. The molecule has 6 heteroatoms. The van der Waals surface area contributed by atoms with Crippen molar-refractivity contribution in [2.45, 2.75) is 0 Å². The van der Waals surface area contributed by atoms with Crippen molar-refractivity contribution in [2.24, 2.45) is 0 Å². The molecule has 0 saturated carbocycles. The Morgan fingerprint density at radius 3 is 2.88 bits per heavy atom. The quantitative estimate of drug-likeness (QED) is 0.946. The predicted octanol–water partition coefficient (Wildman–Crippen LogP) is 2.70. The third kappa shape index (κ3) is 2.65. The number of amides is 1. The Morgan fingerprint density at radius 1 is 1.47 bits per heavy atom. The van der Waals surface area contributed by atoms with E-state index in [1.807, 2.05) is 0 Å². The van der Waals surface area contributed by atoms with Crippen molar-refractivity contribution in [2.75, 3.05) is 12.4 Å². The summed E-state index contributed by atoms with van der Waals surface area (Å²) in [7, 11) is 1.56. The molecule has 0 unspecified atom stereocenters. The fourth-order valence-electron chi connectivity index (χ4n) is 1.27. The van der Waals surface area contributed by atoms with Crippen LogP contribution in [0.15, 0.2) is 39.5 Å². The average Bonchev–Trinajstić information content (AvgIpc) is 2.81. The molecule has 0 aliphatic carbocycles. The molecule has 2 aromatic rings. The highest BCUT2D eigenvalue weighted by Crippen LogP contribution is 2.25. The maximum atomic E-state index is 11.8. The number of carbonyl (C=O) groups is 1. The summed E-state index contributed by atoms with van der Waals surface area (Å²) in [4.78, 5) is 11.8. The van der Waals surface area contributed by atoms with Gasteiger partial charge in [-0.25, -0.2) is 0 Å². The minimum atomic E-state index is -0.262. The maximum absolute atomic E-state index is 11.8. The number of nitrogens with one attached hydrogen (secondary N) is 1. The molecular weight excluding hydrogens is 288 g/mol. The fraction of sp³-hybridized carbons (Fsp3) is 0.0909. The molecule has 0 fully saturated rings. The van der Waals surface area contributed by atoms with Gasteiger partial charge in [-0.05, 0) is 34.1 Å². The van der Waals surface area contributed by atoms with Crippen LogP contribution < -0.4 is 10.1 Å². The van der Waals surface area contributed by atoms with Crippen LogP contribution in [-0.4, -0.2) is 18.2 Å². The van der Waals surface area contributed by atoms with E-state index in [1.165, 1.54) is 6.26 Å². The van der Waals surface area contributed by atoms with Crippen LogP contribution in [0.25, 0.3) is 0 Å². The molecule has 1 amide bonds. The predicted molar refractivity (Wildman–Crippen MR) is 65.2 cm³/mol. The lowest BCUT2D eigenvalue weighted by molar-refractivity contribution is 0.102. The number of hydrogen-bond acceptors (Lipinski definition) is 4. The van der Waals surface area contributed by atoms with Crippen molar-refractivity contribution in [3.8, 4) is 5.75 Å². The van der Waals surface area contributed by atoms with E-state index >= 15 is 0 Å². The lowest BCUT2D eigenvalue weighted by Gasteiger charge is -2.05. The Bertz CT molecular complexity index is 526. The minimum Gasteiger partial charge on any atom is -0.496 e. The first-order valence-corrected chi connectivity index (χ1v) is 5.55. The molecule has 1 N–H and O–H groups in total. The van der Waals surface area contributed by atoms with Crippen LogP contribution in [0, 0.1) is 0 Å². The third-order valence-electron chi connectivity index (χ3n) is 2.09. The van der Waals surface area contributed by atoms with Crippen LogP contribution >= 0.6 is 15.9 Å². The van der Waals surface area contributed by atoms with Gasteiger partial charge in [0.25, 0.3) is 5.91 Å². The van der Waals surface area contributed by atoms with Gasteiger partial charge in [-0.1, -0.05) is 5.16 Å². The first-order valence-electron chi connectivity index (χ1n) is 4.76. The molecule has 88 valence electrons. The minimum absolute atomic E-state index is 0.262. The summed E-state index contributed by atoms with van der Waals surface area (Å²) in [6, 6.07) is 6.62. The Labute approximate surface area is 106 Å². The van der Waals surface area contributed by atoms with Crippen molar-refractivity contribution in [3.05, 3.63) is 40.6 Å². The number of hydrogen-bond donors (Lipinski definition) is 1. The van der Waals surface area contributed by atoms with Gasteiger partial charge in [0.2, 0.25) is 0 Å². The first kappa shape index (κ1) is 11.7. The molecule has 0 radical (unpaired) electrons. The second-order valence-corrected chi connectivity index (χ2v) is 4.04. The molecule has 1 heterocycles. The fourth-order valence-corrected chi connectivity index (χ4v) is 1.81. The van der Waals surface area contributed by atoms with E-state index in [1.54, 1.807) is 31.4 Å². The molecule has 0 saturated heterocycles. The molecule has 1 aromatic carbocycles. The van der Waals surface area contributed by atoms with Gasteiger partial charge in [-0.2, -0.15) is 0 Å². The van der Waals surface area contributed by atoms with Gasteiger partial charge in [0, 0.05) is 11.6 Å². The number of ether oxygens (including phenoxy) is 1. The van der Waals surface area contributed by atoms with Crippen LogP contribution in [0.4, 0.5) is 5.82 Å². The number of rotatable bonds is 3. The molecule has 0 atom stereocenters. The van der Waals surface area contributed by atoms with Crippen molar-refractivity contribution >= 4 is 27.7 Å². The SMILES string of the molecule is COc1ccc(C(=O)Nc2ccon2)cc1Br. The second-order valence-electron chi connectivity index (χ2n) is 3.19. The van der Waals surface area contributed by atoms with Crippen LogP contribution in [0.2, 0.25) is 0 Å². The molecular formula is C11H9BrN2O3. The number of benzene rings is 1. The zero-order valence-electron chi connectivity index (χ0n) is 8.94. The zero-order chi connectivity index (χ0) is 12.3. The molecule has 0 aliphatic rings. The molecule has 0 spiro atoms. The molecule has 17 heavy (non-hydrogen) atoms. The lowest BCUT2D eigenvalue weighted by Crippen LogP contribution is -2.12. The number of carbonyl (C=O) groups excluding carboxylic acids is 1.